The first-order valence-corrected chi connectivity index (χ1v) is 18.4. The van der Waals surface area contributed by atoms with Crippen molar-refractivity contribution in [3.63, 3.8) is 0 Å². The quantitative estimate of drug-likeness (QED) is 0.184. The van der Waals surface area contributed by atoms with Crippen molar-refractivity contribution in [2.45, 2.75) is 51.2 Å². The van der Waals surface area contributed by atoms with E-state index >= 15 is 0 Å². The smallest absolute Gasteiger partial charge is 0.242 e. The molecule has 1 atom stereocenters. The standard InChI is InChI=1S/C44H49N3O6/c1-43(2)26-34-39(36(48)27-43)40(32-20-21-37(51-3)42(53-5)41(32)52-4)47(35-19-13-12-18-33(35)45-34)28-38(49)46-24-22-31(23-25-46)44(50,29-14-8-6-9-15-29)30-16-10-7-11-17-30/h6-21,31,40,45,50H,22-28H2,1-5H3. The molecule has 1 fully saturated rings. The van der Waals surface area contributed by atoms with E-state index in [0.29, 0.717) is 67.2 Å². The van der Waals surface area contributed by atoms with Crippen LogP contribution in [0.2, 0.25) is 0 Å². The number of nitrogens with one attached hydrogen (secondary N) is 1. The zero-order valence-electron chi connectivity index (χ0n) is 31.2. The lowest BCUT2D eigenvalue weighted by Gasteiger charge is -2.43. The van der Waals surface area contributed by atoms with Gasteiger partial charge in [-0.15, -0.1) is 0 Å². The van der Waals surface area contributed by atoms with Gasteiger partial charge < -0.3 is 34.4 Å². The normalized spacial score (nSPS) is 18.8. The zero-order chi connectivity index (χ0) is 37.3. The van der Waals surface area contributed by atoms with E-state index in [-0.39, 0.29) is 29.6 Å². The largest absolute Gasteiger partial charge is 0.493 e. The van der Waals surface area contributed by atoms with Crippen LogP contribution in [0.15, 0.2) is 108 Å². The number of rotatable bonds is 9. The van der Waals surface area contributed by atoms with Crippen LogP contribution >= 0.6 is 0 Å². The minimum Gasteiger partial charge on any atom is -0.493 e. The van der Waals surface area contributed by atoms with Gasteiger partial charge in [0.05, 0.1) is 45.3 Å². The molecule has 53 heavy (non-hydrogen) atoms. The van der Waals surface area contributed by atoms with E-state index in [1.54, 1.807) is 21.3 Å². The first-order chi connectivity index (χ1) is 25.6. The molecule has 9 heteroatoms. The third-order valence-electron chi connectivity index (χ3n) is 11.2. The number of amides is 1. The van der Waals surface area contributed by atoms with E-state index in [2.05, 4.69) is 19.2 Å². The van der Waals surface area contributed by atoms with Crippen molar-refractivity contribution < 1.29 is 28.9 Å². The summed E-state index contributed by atoms with van der Waals surface area (Å²) in [5.41, 5.74) is 4.05. The molecule has 1 amide bonds. The first-order valence-electron chi connectivity index (χ1n) is 18.4. The van der Waals surface area contributed by atoms with E-state index in [4.69, 9.17) is 14.2 Å². The SMILES string of the molecule is COc1ccc(C2C3=C(CC(C)(C)CC3=O)Nc3ccccc3N2CC(=O)N2CCC(C(O)(c3ccccc3)c3ccccc3)CC2)c(OC)c1OC. The van der Waals surface area contributed by atoms with Crippen molar-refractivity contribution >= 4 is 23.1 Å². The second-order valence-electron chi connectivity index (χ2n) is 15.1. The summed E-state index contributed by atoms with van der Waals surface area (Å²) in [4.78, 5) is 32.9. The molecule has 2 heterocycles. The zero-order valence-corrected chi connectivity index (χ0v) is 31.2. The second kappa shape index (κ2) is 14.6. The number of benzene rings is 4. The van der Waals surface area contributed by atoms with Gasteiger partial charge in [-0.2, -0.15) is 0 Å². The minimum atomic E-state index is -1.19. The predicted molar refractivity (Wildman–Crippen MR) is 206 cm³/mol. The number of carbonyl (C=O) groups excluding carboxylic acids is 2. The Hall–Kier alpha value is -5.28. The minimum absolute atomic E-state index is 0.0145. The third kappa shape index (κ3) is 6.63. The van der Waals surface area contributed by atoms with Crippen LogP contribution < -0.4 is 24.4 Å². The summed E-state index contributed by atoms with van der Waals surface area (Å²) in [6.07, 6.45) is 2.28. The monoisotopic (exact) mass is 715 g/mol. The highest BCUT2D eigenvalue weighted by Crippen LogP contribution is 2.52. The van der Waals surface area contributed by atoms with Crippen LogP contribution in [-0.2, 0) is 15.2 Å². The summed E-state index contributed by atoms with van der Waals surface area (Å²) in [6.45, 7) is 5.22. The number of methoxy groups -OCH3 is 3. The number of hydrogen-bond donors (Lipinski definition) is 2. The molecule has 2 aliphatic heterocycles. The van der Waals surface area contributed by atoms with Gasteiger partial charge in [-0.25, -0.2) is 0 Å². The molecule has 1 aliphatic carbocycles. The second-order valence-corrected chi connectivity index (χ2v) is 15.1. The average molecular weight is 716 g/mol. The van der Waals surface area contributed by atoms with Crippen molar-refractivity contribution in [1.82, 2.24) is 4.90 Å². The molecule has 0 aromatic heterocycles. The molecule has 0 saturated carbocycles. The molecule has 0 bridgehead atoms. The number of ketones is 1. The first kappa shape index (κ1) is 36.1. The number of para-hydroxylation sites is 2. The van der Waals surface area contributed by atoms with Gasteiger partial charge in [-0.05, 0) is 66.0 Å². The lowest BCUT2D eigenvalue weighted by atomic mass is 9.72. The Kier molecular flexibility index (Phi) is 9.96. The number of Topliss-reactive ketones (excluding diaryl/α,β-unsaturated/α-hetero) is 1. The van der Waals surface area contributed by atoms with Crippen LogP contribution in [0.1, 0.15) is 62.3 Å². The Morgan fingerprint density at radius 3 is 2.02 bits per heavy atom. The summed E-state index contributed by atoms with van der Waals surface area (Å²) < 4.78 is 17.5. The van der Waals surface area contributed by atoms with E-state index < -0.39 is 11.6 Å². The summed E-state index contributed by atoms with van der Waals surface area (Å²) in [5.74, 6) is 1.23. The van der Waals surface area contributed by atoms with Crippen molar-refractivity contribution in [1.29, 1.82) is 0 Å². The lowest BCUT2D eigenvalue weighted by molar-refractivity contribution is -0.132. The van der Waals surface area contributed by atoms with Crippen LogP contribution in [0.4, 0.5) is 11.4 Å². The molecule has 4 aromatic rings. The molecule has 276 valence electrons. The lowest BCUT2D eigenvalue weighted by Crippen LogP contribution is -2.49. The highest BCUT2D eigenvalue weighted by Gasteiger charge is 2.45. The number of aliphatic hydroxyl groups is 1. The number of anilines is 2. The molecule has 9 nitrogen and oxygen atoms in total. The molecule has 0 spiro atoms. The fourth-order valence-electron chi connectivity index (χ4n) is 8.71. The van der Waals surface area contributed by atoms with E-state index in [0.717, 1.165) is 28.2 Å². The van der Waals surface area contributed by atoms with Crippen LogP contribution in [0, 0.1) is 11.3 Å². The third-order valence-corrected chi connectivity index (χ3v) is 11.2. The summed E-state index contributed by atoms with van der Waals surface area (Å²) in [7, 11) is 4.72. The maximum atomic E-state index is 14.6. The fourth-order valence-corrected chi connectivity index (χ4v) is 8.71. The molecular weight excluding hydrogens is 666 g/mol. The number of carbonyl (C=O) groups is 2. The summed E-state index contributed by atoms with van der Waals surface area (Å²) >= 11 is 0. The Balaban J connectivity index is 1.26. The van der Waals surface area contributed by atoms with Gasteiger partial charge >= 0.3 is 0 Å². The summed E-state index contributed by atoms with van der Waals surface area (Å²) in [6, 6.07) is 30.6. The Bertz CT molecular complexity index is 1960. The van der Waals surface area contributed by atoms with Gasteiger partial charge in [-0.3, -0.25) is 9.59 Å². The van der Waals surface area contributed by atoms with Crippen molar-refractivity contribution in [3.8, 4) is 17.2 Å². The Morgan fingerprint density at radius 2 is 1.42 bits per heavy atom. The van der Waals surface area contributed by atoms with Gasteiger partial charge in [0.25, 0.3) is 0 Å². The van der Waals surface area contributed by atoms with Gasteiger partial charge in [0.2, 0.25) is 11.7 Å². The predicted octanol–water partition coefficient (Wildman–Crippen LogP) is 7.50. The Labute approximate surface area is 312 Å². The molecule has 1 saturated heterocycles. The van der Waals surface area contributed by atoms with Gasteiger partial charge in [-0.1, -0.05) is 86.6 Å². The molecule has 4 aromatic carbocycles. The molecule has 2 N–H and O–H groups in total. The average Bonchev–Trinajstić information content (AvgIpc) is 3.31. The molecule has 3 aliphatic rings. The number of allylic oxidation sites excluding steroid dienone is 1. The van der Waals surface area contributed by atoms with Crippen molar-refractivity contribution in [3.05, 3.63) is 125 Å². The Morgan fingerprint density at radius 1 is 0.811 bits per heavy atom. The van der Waals surface area contributed by atoms with E-state index in [9.17, 15) is 14.7 Å². The number of likely N-dealkylation sites (tertiary alicyclic amines) is 1. The van der Waals surface area contributed by atoms with Crippen molar-refractivity contribution in [2.75, 3.05) is 51.2 Å². The molecule has 7 rings (SSSR count). The van der Waals surface area contributed by atoms with E-state index in [1.165, 1.54) is 0 Å². The summed E-state index contributed by atoms with van der Waals surface area (Å²) in [5, 5.41) is 16.1. The fraction of sp³-hybridized carbons (Fsp3) is 0.364. The molecule has 0 radical (unpaired) electrons. The van der Waals surface area contributed by atoms with Crippen LogP contribution in [-0.4, -0.2) is 62.7 Å². The van der Waals surface area contributed by atoms with Gasteiger partial charge in [0, 0.05) is 36.3 Å². The van der Waals surface area contributed by atoms with Gasteiger partial charge in [0.15, 0.2) is 17.3 Å². The van der Waals surface area contributed by atoms with Crippen LogP contribution in [0.5, 0.6) is 17.2 Å². The number of ether oxygens (including phenoxy) is 3. The molecular formula is C44H49N3O6. The van der Waals surface area contributed by atoms with Crippen LogP contribution in [0.25, 0.3) is 0 Å². The maximum Gasteiger partial charge on any atom is 0.242 e. The van der Waals surface area contributed by atoms with Gasteiger partial charge in [0.1, 0.15) is 5.60 Å². The highest BCUT2D eigenvalue weighted by atomic mass is 16.5. The molecule has 1 unspecified atom stereocenters. The number of nitrogens with zero attached hydrogens (tertiary/aromatic N) is 2. The highest BCUT2D eigenvalue weighted by molar-refractivity contribution is 6.02. The van der Waals surface area contributed by atoms with Crippen molar-refractivity contribution in [2.24, 2.45) is 11.3 Å². The number of hydrogen-bond acceptors (Lipinski definition) is 8. The maximum absolute atomic E-state index is 14.6. The number of fused-ring (bicyclic) bond motifs is 1. The van der Waals surface area contributed by atoms with Crippen LogP contribution in [0.3, 0.4) is 0 Å². The number of piperidine rings is 1. The topological polar surface area (TPSA) is 101 Å². The van der Waals surface area contributed by atoms with E-state index in [1.807, 2.05) is 107 Å².